The summed E-state index contributed by atoms with van der Waals surface area (Å²) in [6.07, 6.45) is -1.65. The Balaban J connectivity index is 2.85. The van der Waals surface area contributed by atoms with Gasteiger partial charge >= 0.3 is 5.97 Å². The lowest BCUT2D eigenvalue weighted by Crippen LogP contribution is -2.61. The molecule has 160 valence electrons. The summed E-state index contributed by atoms with van der Waals surface area (Å²) >= 11 is 4.04. The number of amides is 3. The van der Waals surface area contributed by atoms with E-state index in [1.165, 1.54) is 18.7 Å². The number of nitrogens with zero attached hydrogens (tertiary/aromatic N) is 1. The first-order valence-corrected chi connectivity index (χ1v) is 9.51. The number of carbonyl (C=O) groups excluding carboxylic acids is 3. The third kappa shape index (κ3) is 6.06. The molecule has 0 bridgehead atoms. The number of nitrogens with one attached hydrogen (secondary N) is 2. The Bertz CT molecular complexity index is 602. The molecule has 0 spiro atoms. The quantitative estimate of drug-likeness (QED) is 0.193. The Labute approximate surface area is 168 Å². The smallest absolute Gasteiger partial charge is 0.326 e. The molecule has 0 aromatic rings. The number of aliphatic hydroxyl groups excluding tert-OH is 2. The minimum absolute atomic E-state index is 0.110. The standard InChI is InChI=1S/C16H28N4O7S/c1-7(21)11(17)13(23)19-12(8(2)22)14(24)18-9(6-28)15(25)20-5-3-4-10(20)16(26)27/h7-12,21-22,28H,3-6,17H2,1-2H3,(H,18,24)(H,19,23)(H,26,27). The van der Waals surface area contributed by atoms with Gasteiger partial charge in [0.15, 0.2) is 0 Å². The van der Waals surface area contributed by atoms with Crippen molar-refractivity contribution >= 4 is 36.3 Å². The van der Waals surface area contributed by atoms with Gasteiger partial charge in [-0.2, -0.15) is 12.6 Å². The van der Waals surface area contributed by atoms with Crippen LogP contribution < -0.4 is 16.4 Å². The molecular formula is C16H28N4O7S. The number of carboxylic acid groups (broad SMARTS) is 1. The number of carboxylic acids is 1. The molecule has 1 rings (SSSR count). The summed E-state index contributed by atoms with van der Waals surface area (Å²) in [6.45, 7) is 2.80. The van der Waals surface area contributed by atoms with E-state index < -0.39 is 60.1 Å². The molecule has 3 amide bonds. The van der Waals surface area contributed by atoms with E-state index in [4.69, 9.17) is 5.73 Å². The van der Waals surface area contributed by atoms with Gasteiger partial charge in [-0.25, -0.2) is 4.79 Å². The summed E-state index contributed by atoms with van der Waals surface area (Å²) < 4.78 is 0. The molecule has 0 saturated carbocycles. The van der Waals surface area contributed by atoms with Crippen molar-refractivity contribution in [1.29, 1.82) is 0 Å². The Hall–Kier alpha value is -1.89. The Morgan fingerprint density at radius 2 is 1.75 bits per heavy atom. The molecule has 12 heteroatoms. The molecule has 1 aliphatic heterocycles. The van der Waals surface area contributed by atoms with Crippen LogP contribution in [-0.4, -0.2) is 92.6 Å². The summed E-state index contributed by atoms with van der Waals surface area (Å²) in [6, 6.07) is -4.85. The van der Waals surface area contributed by atoms with Gasteiger partial charge in [-0.3, -0.25) is 14.4 Å². The van der Waals surface area contributed by atoms with Crippen molar-refractivity contribution in [3.05, 3.63) is 0 Å². The van der Waals surface area contributed by atoms with Crippen molar-refractivity contribution < 1.29 is 34.5 Å². The fourth-order valence-corrected chi connectivity index (χ4v) is 3.06. The third-order valence-electron chi connectivity index (χ3n) is 4.50. The molecule has 11 nitrogen and oxygen atoms in total. The van der Waals surface area contributed by atoms with Gasteiger partial charge in [0, 0.05) is 12.3 Å². The fraction of sp³-hybridized carbons (Fsp3) is 0.750. The first kappa shape index (κ1) is 24.1. The number of rotatable bonds is 9. The molecule has 28 heavy (non-hydrogen) atoms. The Morgan fingerprint density at radius 3 is 2.21 bits per heavy atom. The summed E-state index contributed by atoms with van der Waals surface area (Å²) in [7, 11) is 0. The van der Waals surface area contributed by atoms with Crippen molar-refractivity contribution in [2.24, 2.45) is 5.73 Å². The van der Waals surface area contributed by atoms with E-state index >= 15 is 0 Å². The van der Waals surface area contributed by atoms with Crippen molar-refractivity contribution in [3.8, 4) is 0 Å². The lowest BCUT2D eigenvalue weighted by molar-refractivity contribution is -0.149. The van der Waals surface area contributed by atoms with Crippen LogP contribution in [-0.2, 0) is 19.2 Å². The molecule has 1 aliphatic rings. The maximum atomic E-state index is 12.6. The number of thiol groups is 1. The molecule has 0 radical (unpaired) electrons. The lowest BCUT2D eigenvalue weighted by Gasteiger charge is -2.29. The van der Waals surface area contributed by atoms with E-state index in [1.54, 1.807) is 0 Å². The van der Waals surface area contributed by atoms with Crippen molar-refractivity contribution in [2.75, 3.05) is 12.3 Å². The third-order valence-corrected chi connectivity index (χ3v) is 4.87. The number of hydrogen-bond acceptors (Lipinski definition) is 8. The normalized spacial score (nSPS) is 21.9. The van der Waals surface area contributed by atoms with Crippen LogP contribution in [0.4, 0.5) is 0 Å². The second-order valence-corrected chi connectivity index (χ2v) is 7.13. The maximum Gasteiger partial charge on any atom is 0.326 e. The largest absolute Gasteiger partial charge is 0.480 e. The number of nitrogens with two attached hydrogens (primary N) is 1. The predicted octanol–water partition coefficient (Wildman–Crippen LogP) is -2.95. The van der Waals surface area contributed by atoms with E-state index in [9.17, 15) is 34.5 Å². The summed E-state index contributed by atoms with van der Waals surface area (Å²) in [5, 5.41) is 33.0. The average molecular weight is 420 g/mol. The van der Waals surface area contributed by atoms with Crippen LogP contribution in [0.1, 0.15) is 26.7 Å². The summed E-state index contributed by atoms with van der Waals surface area (Å²) in [5.74, 6) is -3.56. The van der Waals surface area contributed by atoms with Gasteiger partial charge < -0.3 is 36.6 Å². The summed E-state index contributed by atoms with van der Waals surface area (Å²) in [5.41, 5.74) is 5.51. The SMILES string of the molecule is CC(O)C(N)C(=O)NC(C(=O)NC(CS)C(=O)N1CCCC1C(=O)O)C(C)O. The van der Waals surface area contributed by atoms with Gasteiger partial charge in [0.2, 0.25) is 17.7 Å². The van der Waals surface area contributed by atoms with E-state index in [0.717, 1.165) is 0 Å². The van der Waals surface area contributed by atoms with Gasteiger partial charge in [0.25, 0.3) is 0 Å². The van der Waals surface area contributed by atoms with Gasteiger partial charge in [-0.15, -0.1) is 0 Å². The fourth-order valence-electron chi connectivity index (χ4n) is 2.81. The molecule has 1 fully saturated rings. The topological polar surface area (TPSA) is 182 Å². The molecule has 6 atom stereocenters. The van der Waals surface area contributed by atoms with Crippen molar-refractivity contribution in [1.82, 2.24) is 15.5 Å². The molecule has 0 aromatic carbocycles. The minimum Gasteiger partial charge on any atom is -0.480 e. The van der Waals surface area contributed by atoms with E-state index in [2.05, 4.69) is 23.3 Å². The van der Waals surface area contributed by atoms with E-state index in [-0.39, 0.29) is 12.3 Å². The first-order valence-electron chi connectivity index (χ1n) is 8.87. The van der Waals surface area contributed by atoms with Gasteiger partial charge in [-0.1, -0.05) is 0 Å². The van der Waals surface area contributed by atoms with Crippen molar-refractivity contribution in [3.63, 3.8) is 0 Å². The first-order chi connectivity index (χ1) is 13.0. The average Bonchev–Trinajstić information content (AvgIpc) is 3.12. The van der Waals surface area contributed by atoms with Crippen LogP contribution in [0.25, 0.3) is 0 Å². The van der Waals surface area contributed by atoms with Crippen LogP contribution in [0.2, 0.25) is 0 Å². The van der Waals surface area contributed by atoms with Crippen LogP contribution in [0.5, 0.6) is 0 Å². The number of likely N-dealkylation sites (tertiary alicyclic amines) is 1. The van der Waals surface area contributed by atoms with Crippen LogP contribution in [0.15, 0.2) is 0 Å². The minimum atomic E-state index is -1.43. The highest BCUT2D eigenvalue weighted by molar-refractivity contribution is 7.80. The molecule has 0 aliphatic carbocycles. The zero-order chi connectivity index (χ0) is 21.6. The monoisotopic (exact) mass is 420 g/mol. The highest BCUT2D eigenvalue weighted by atomic mass is 32.1. The second kappa shape index (κ2) is 10.6. The van der Waals surface area contributed by atoms with Gasteiger partial charge in [0.05, 0.1) is 12.2 Å². The Kier molecular flexibility index (Phi) is 9.14. The van der Waals surface area contributed by atoms with Crippen molar-refractivity contribution in [2.45, 2.75) is 63.1 Å². The van der Waals surface area contributed by atoms with Crippen LogP contribution in [0, 0.1) is 0 Å². The number of aliphatic carboxylic acids is 1. The maximum absolute atomic E-state index is 12.6. The number of aliphatic hydroxyl groups is 2. The van der Waals surface area contributed by atoms with Crippen LogP contribution in [0.3, 0.4) is 0 Å². The van der Waals surface area contributed by atoms with Gasteiger partial charge in [-0.05, 0) is 26.7 Å². The molecule has 1 heterocycles. The highest BCUT2D eigenvalue weighted by Crippen LogP contribution is 2.18. The molecule has 1 saturated heterocycles. The molecule has 6 unspecified atom stereocenters. The zero-order valence-electron chi connectivity index (χ0n) is 15.7. The second-order valence-electron chi connectivity index (χ2n) is 6.76. The predicted molar refractivity (Wildman–Crippen MR) is 101 cm³/mol. The Morgan fingerprint density at radius 1 is 1.14 bits per heavy atom. The lowest BCUT2D eigenvalue weighted by atomic mass is 10.1. The van der Waals surface area contributed by atoms with E-state index in [0.29, 0.717) is 12.8 Å². The zero-order valence-corrected chi connectivity index (χ0v) is 16.6. The number of hydrogen-bond donors (Lipinski definition) is 7. The highest BCUT2D eigenvalue weighted by Gasteiger charge is 2.38. The molecule has 7 N–H and O–H groups in total. The van der Waals surface area contributed by atoms with Crippen LogP contribution >= 0.6 is 12.6 Å². The molecule has 0 aromatic heterocycles. The van der Waals surface area contributed by atoms with E-state index in [1.807, 2.05) is 0 Å². The molecular weight excluding hydrogens is 392 g/mol. The number of carbonyl (C=O) groups is 4. The summed E-state index contributed by atoms with van der Waals surface area (Å²) in [4.78, 5) is 49.6. The van der Waals surface area contributed by atoms with Gasteiger partial charge in [0.1, 0.15) is 24.2 Å².